The van der Waals surface area contributed by atoms with Crippen molar-refractivity contribution in [1.29, 1.82) is 0 Å². The standard InChI is InChI=1S/C28H37NO5/c1-16-14-28-17(2)10-11-26(3,4)19(24(28)30)13-18-15-32-27(5,6)34-23(18)21(28)22(16)33-25-20(31-7)9-8-12-29-25/h8-9,12-14,17,19,21-23H,10-11,15H2,1-7H3/t17-,19?,21?,22?,23?,28?/m1/s1. The lowest BCUT2D eigenvalue weighted by Gasteiger charge is -2.47. The van der Waals surface area contributed by atoms with Crippen LogP contribution in [0.4, 0.5) is 0 Å². The first-order chi connectivity index (χ1) is 16.0. The lowest BCUT2D eigenvalue weighted by Crippen LogP contribution is -2.54. The highest BCUT2D eigenvalue weighted by atomic mass is 16.7. The summed E-state index contributed by atoms with van der Waals surface area (Å²) in [5, 5.41) is 0. The van der Waals surface area contributed by atoms with Gasteiger partial charge in [0.1, 0.15) is 6.10 Å². The van der Waals surface area contributed by atoms with E-state index in [1.165, 1.54) is 0 Å². The van der Waals surface area contributed by atoms with Gasteiger partial charge in [-0.15, -0.1) is 0 Å². The van der Waals surface area contributed by atoms with E-state index >= 15 is 0 Å². The van der Waals surface area contributed by atoms with Crippen molar-refractivity contribution >= 4 is 5.78 Å². The SMILES string of the molecule is COc1cccnc1OC1C(C)=CC23C(=O)C(C=C4COC(C)(C)OC4C12)C(C)(C)CC[C@H]3C. The van der Waals surface area contributed by atoms with Gasteiger partial charge in [0.25, 0.3) is 5.88 Å². The molecule has 2 bridgehead atoms. The van der Waals surface area contributed by atoms with Crippen molar-refractivity contribution in [3.8, 4) is 11.6 Å². The molecule has 2 heterocycles. The van der Waals surface area contributed by atoms with Gasteiger partial charge in [0, 0.05) is 18.0 Å². The fourth-order valence-electron chi connectivity index (χ4n) is 6.68. The first-order valence-corrected chi connectivity index (χ1v) is 12.4. The maximum Gasteiger partial charge on any atom is 0.257 e. The fraction of sp³-hybridized carbons (Fsp3) is 0.643. The molecule has 1 aromatic heterocycles. The third-order valence-corrected chi connectivity index (χ3v) is 8.65. The minimum absolute atomic E-state index is 0.140. The third-order valence-electron chi connectivity index (χ3n) is 8.65. The first kappa shape index (κ1) is 23.6. The van der Waals surface area contributed by atoms with Crippen LogP contribution in [0.5, 0.6) is 11.6 Å². The van der Waals surface area contributed by atoms with Crippen LogP contribution in [0, 0.1) is 28.6 Å². The molecule has 3 aliphatic carbocycles. The number of carbonyl (C=O) groups is 1. The van der Waals surface area contributed by atoms with Gasteiger partial charge in [-0.25, -0.2) is 4.98 Å². The normalized spacial score (nSPS) is 38.0. The molecule has 1 saturated heterocycles. The summed E-state index contributed by atoms with van der Waals surface area (Å²) in [6.07, 6.45) is 7.40. The Labute approximate surface area is 202 Å². The summed E-state index contributed by atoms with van der Waals surface area (Å²) in [6.45, 7) is 13.1. The number of nitrogens with zero attached hydrogens (tertiary/aromatic N) is 1. The smallest absolute Gasteiger partial charge is 0.257 e. The zero-order valence-corrected chi connectivity index (χ0v) is 21.4. The zero-order valence-electron chi connectivity index (χ0n) is 21.4. The van der Waals surface area contributed by atoms with E-state index in [1.807, 2.05) is 26.0 Å². The van der Waals surface area contributed by atoms with Gasteiger partial charge in [-0.3, -0.25) is 4.79 Å². The average Bonchev–Trinajstić information content (AvgIpc) is 2.99. The Bertz CT molecular complexity index is 1060. The molecular formula is C28H37NO5. The van der Waals surface area contributed by atoms with E-state index < -0.39 is 11.2 Å². The van der Waals surface area contributed by atoms with E-state index in [0.29, 0.717) is 18.2 Å². The second-order valence-corrected chi connectivity index (χ2v) is 11.6. The molecule has 1 aliphatic heterocycles. The predicted molar refractivity (Wildman–Crippen MR) is 129 cm³/mol. The number of hydrogen-bond donors (Lipinski definition) is 0. The lowest BCUT2D eigenvalue weighted by atomic mass is 9.62. The maximum absolute atomic E-state index is 14.6. The number of rotatable bonds is 3. The highest BCUT2D eigenvalue weighted by Gasteiger charge is 2.65. The Balaban J connectivity index is 1.69. The molecule has 2 fully saturated rings. The van der Waals surface area contributed by atoms with Crippen LogP contribution >= 0.6 is 0 Å². The molecule has 4 aliphatic rings. The number of aromatic nitrogens is 1. The molecule has 1 spiro atoms. The van der Waals surface area contributed by atoms with Crippen LogP contribution in [-0.4, -0.2) is 42.5 Å². The van der Waals surface area contributed by atoms with Crippen molar-refractivity contribution in [1.82, 2.24) is 4.98 Å². The molecular weight excluding hydrogens is 430 g/mol. The number of ether oxygens (including phenoxy) is 4. The molecule has 0 radical (unpaired) electrons. The number of allylic oxidation sites excluding steroid dienone is 2. The number of hydrogen-bond acceptors (Lipinski definition) is 6. The Morgan fingerprint density at radius 1 is 1.21 bits per heavy atom. The Morgan fingerprint density at radius 2 is 1.97 bits per heavy atom. The van der Waals surface area contributed by atoms with Crippen LogP contribution < -0.4 is 9.47 Å². The van der Waals surface area contributed by atoms with Gasteiger partial charge in [-0.05, 0) is 68.2 Å². The quantitative estimate of drug-likeness (QED) is 0.574. The van der Waals surface area contributed by atoms with Crippen LogP contribution in [0.15, 0.2) is 41.6 Å². The summed E-state index contributed by atoms with van der Waals surface area (Å²) >= 11 is 0. The molecule has 6 nitrogen and oxygen atoms in total. The van der Waals surface area contributed by atoms with E-state index in [9.17, 15) is 4.79 Å². The molecule has 0 N–H and O–H groups in total. The molecule has 0 amide bonds. The maximum atomic E-state index is 14.6. The highest BCUT2D eigenvalue weighted by Crippen LogP contribution is 2.61. The minimum atomic E-state index is -0.747. The van der Waals surface area contributed by atoms with Gasteiger partial charge >= 0.3 is 0 Å². The van der Waals surface area contributed by atoms with Crippen LogP contribution in [0.1, 0.15) is 54.4 Å². The number of Topliss-reactive ketones (excluding diaryl/α,β-unsaturated/α-hetero) is 1. The molecule has 184 valence electrons. The van der Waals surface area contributed by atoms with Crippen molar-refractivity contribution in [3.05, 3.63) is 41.6 Å². The summed E-state index contributed by atoms with van der Waals surface area (Å²) in [5.41, 5.74) is 1.28. The van der Waals surface area contributed by atoms with Gasteiger partial charge in [-0.1, -0.05) is 32.9 Å². The Morgan fingerprint density at radius 3 is 2.71 bits per heavy atom. The van der Waals surface area contributed by atoms with Crippen LogP contribution in [0.2, 0.25) is 0 Å². The van der Waals surface area contributed by atoms with E-state index in [-0.39, 0.29) is 41.2 Å². The minimum Gasteiger partial charge on any atom is -0.491 e. The Hall–Kier alpha value is -2.18. The fourth-order valence-corrected chi connectivity index (χ4v) is 6.68. The molecule has 6 atom stereocenters. The predicted octanol–water partition coefficient (Wildman–Crippen LogP) is 5.13. The van der Waals surface area contributed by atoms with Crippen molar-refractivity contribution < 1.29 is 23.7 Å². The molecule has 5 unspecified atom stereocenters. The molecule has 6 heteroatoms. The van der Waals surface area contributed by atoms with Crippen LogP contribution in [0.25, 0.3) is 0 Å². The van der Waals surface area contributed by atoms with Gasteiger partial charge in [-0.2, -0.15) is 0 Å². The van der Waals surface area contributed by atoms with E-state index in [2.05, 4.69) is 44.8 Å². The molecule has 0 aromatic carbocycles. The lowest BCUT2D eigenvalue weighted by molar-refractivity contribution is -0.269. The monoisotopic (exact) mass is 467 g/mol. The van der Waals surface area contributed by atoms with Gasteiger partial charge in [0.15, 0.2) is 17.3 Å². The van der Waals surface area contributed by atoms with Crippen molar-refractivity contribution in [3.63, 3.8) is 0 Å². The summed E-state index contributed by atoms with van der Waals surface area (Å²) < 4.78 is 24.9. The van der Waals surface area contributed by atoms with Crippen molar-refractivity contribution in [2.24, 2.45) is 28.6 Å². The van der Waals surface area contributed by atoms with E-state index in [1.54, 1.807) is 13.3 Å². The van der Waals surface area contributed by atoms with Crippen molar-refractivity contribution in [2.45, 2.75) is 72.4 Å². The highest BCUT2D eigenvalue weighted by molar-refractivity contribution is 5.93. The second-order valence-electron chi connectivity index (χ2n) is 11.6. The van der Waals surface area contributed by atoms with Gasteiger partial charge in [0.05, 0.1) is 25.2 Å². The summed E-state index contributed by atoms with van der Waals surface area (Å²) in [5.74, 6) is 0.304. The topological polar surface area (TPSA) is 66.9 Å². The third kappa shape index (κ3) is 3.44. The zero-order chi connectivity index (χ0) is 24.5. The number of fused-ring (bicyclic) bond motifs is 3. The largest absolute Gasteiger partial charge is 0.491 e. The Kier molecular flexibility index (Phi) is 5.49. The molecule has 5 rings (SSSR count). The summed E-state index contributed by atoms with van der Waals surface area (Å²) in [6, 6.07) is 3.67. The number of methoxy groups -OCH3 is 1. The summed E-state index contributed by atoms with van der Waals surface area (Å²) in [7, 11) is 1.61. The van der Waals surface area contributed by atoms with Gasteiger partial charge in [0.2, 0.25) is 0 Å². The molecule has 34 heavy (non-hydrogen) atoms. The molecule has 1 aromatic rings. The van der Waals surface area contributed by atoms with Crippen LogP contribution in [0.3, 0.4) is 0 Å². The second kappa shape index (κ2) is 7.92. The number of pyridine rings is 1. The van der Waals surface area contributed by atoms with Crippen LogP contribution in [-0.2, 0) is 14.3 Å². The first-order valence-electron chi connectivity index (χ1n) is 12.4. The number of ketones is 1. The van der Waals surface area contributed by atoms with E-state index in [4.69, 9.17) is 18.9 Å². The summed E-state index contributed by atoms with van der Waals surface area (Å²) in [4.78, 5) is 19.0. The van der Waals surface area contributed by atoms with Crippen molar-refractivity contribution in [2.75, 3.05) is 13.7 Å². The van der Waals surface area contributed by atoms with Gasteiger partial charge < -0.3 is 18.9 Å². The van der Waals surface area contributed by atoms with E-state index in [0.717, 1.165) is 24.0 Å². The number of carbonyl (C=O) groups excluding carboxylic acids is 1. The average molecular weight is 468 g/mol. The molecule has 1 saturated carbocycles.